The highest BCUT2D eigenvalue weighted by molar-refractivity contribution is 5.81. The summed E-state index contributed by atoms with van der Waals surface area (Å²) < 4.78 is 12.7. The van der Waals surface area contributed by atoms with Crippen molar-refractivity contribution in [1.29, 1.82) is 0 Å². The van der Waals surface area contributed by atoms with Gasteiger partial charge in [0.15, 0.2) is 0 Å². The van der Waals surface area contributed by atoms with E-state index in [2.05, 4.69) is 17.6 Å². The van der Waals surface area contributed by atoms with Crippen LogP contribution in [-0.4, -0.2) is 18.0 Å². The van der Waals surface area contributed by atoms with Crippen molar-refractivity contribution in [2.45, 2.75) is 52.2 Å². The Balaban J connectivity index is 2.35. The van der Waals surface area contributed by atoms with Gasteiger partial charge in [-0.1, -0.05) is 25.5 Å². The summed E-state index contributed by atoms with van der Waals surface area (Å²) in [6.45, 7) is 6.49. The largest absolute Gasteiger partial charge is 0.352 e. The molecule has 0 aliphatic heterocycles. The van der Waals surface area contributed by atoms with Crippen molar-refractivity contribution in [3.05, 3.63) is 35.6 Å². The van der Waals surface area contributed by atoms with E-state index in [1.165, 1.54) is 12.1 Å². The van der Waals surface area contributed by atoms with Crippen LogP contribution in [0.1, 0.15) is 39.2 Å². The predicted molar refractivity (Wildman–Crippen MR) is 75.2 cm³/mol. The molecule has 2 atom stereocenters. The van der Waals surface area contributed by atoms with Gasteiger partial charge in [-0.2, -0.15) is 0 Å². The van der Waals surface area contributed by atoms with Crippen molar-refractivity contribution >= 4 is 5.91 Å². The van der Waals surface area contributed by atoms with E-state index < -0.39 is 0 Å². The van der Waals surface area contributed by atoms with Crippen LogP contribution in [0.25, 0.3) is 0 Å². The lowest BCUT2D eigenvalue weighted by atomic mass is 10.1. The van der Waals surface area contributed by atoms with Gasteiger partial charge in [0.25, 0.3) is 0 Å². The van der Waals surface area contributed by atoms with E-state index >= 15 is 0 Å². The van der Waals surface area contributed by atoms with Gasteiger partial charge in [-0.3, -0.25) is 4.79 Å². The molecule has 0 fully saturated rings. The first-order valence-corrected chi connectivity index (χ1v) is 6.81. The van der Waals surface area contributed by atoms with Gasteiger partial charge in [-0.25, -0.2) is 4.39 Å². The summed E-state index contributed by atoms with van der Waals surface area (Å²) in [4.78, 5) is 11.9. The number of carbonyl (C=O) groups is 1. The lowest BCUT2D eigenvalue weighted by Crippen LogP contribution is -2.45. The standard InChI is InChI=1S/C15H23FN2O/c1-4-5-11(2)18-15(19)12(3)17-10-13-6-8-14(16)9-7-13/h6-9,11-12,17H,4-5,10H2,1-3H3,(H,18,19). The molecular weight excluding hydrogens is 243 g/mol. The zero-order valence-corrected chi connectivity index (χ0v) is 11.9. The molecule has 0 aliphatic rings. The Kier molecular flexibility index (Phi) is 6.50. The maximum atomic E-state index is 12.7. The average Bonchev–Trinajstić information content (AvgIpc) is 2.37. The Morgan fingerprint density at radius 1 is 1.26 bits per heavy atom. The van der Waals surface area contributed by atoms with Gasteiger partial charge in [0, 0.05) is 12.6 Å². The van der Waals surface area contributed by atoms with Crippen LogP contribution in [0, 0.1) is 5.82 Å². The molecule has 1 rings (SSSR count). The minimum absolute atomic E-state index is 0.00283. The molecule has 0 saturated heterocycles. The van der Waals surface area contributed by atoms with Gasteiger partial charge in [-0.15, -0.1) is 0 Å². The van der Waals surface area contributed by atoms with E-state index in [9.17, 15) is 9.18 Å². The molecule has 1 aromatic carbocycles. The second-order valence-corrected chi connectivity index (χ2v) is 4.93. The molecule has 2 unspecified atom stereocenters. The van der Waals surface area contributed by atoms with Crippen molar-refractivity contribution in [3.8, 4) is 0 Å². The molecule has 0 aliphatic carbocycles. The zero-order chi connectivity index (χ0) is 14.3. The fraction of sp³-hybridized carbons (Fsp3) is 0.533. The minimum atomic E-state index is -0.260. The maximum Gasteiger partial charge on any atom is 0.237 e. The van der Waals surface area contributed by atoms with Crippen molar-refractivity contribution in [2.75, 3.05) is 0 Å². The first-order chi connectivity index (χ1) is 9.02. The molecule has 0 radical (unpaired) electrons. The molecule has 0 heterocycles. The Labute approximate surface area is 114 Å². The molecule has 106 valence electrons. The highest BCUT2D eigenvalue weighted by Gasteiger charge is 2.14. The number of rotatable bonds is 7. The van der Waals surface area contributed by atoms with Crippen LogP contribution >= 0.6 is 0 Å². The second kappa shape index (κ2) is 7.89. The van der Waals surface area contributed by atoms with Crippen LogP contribution in [0.5, 0.6) is 0 Å². The second-order valence-electron chi connectivity index (χ2n) is 4.93. The van der Waals surface area contributed by atoms with Crippen LogP contribution in [0.4, 0.5) is 4.39 Å². The lowest BCUT2D eigenvalue weighted by Gasteiger charge is -2.18. The first-order valence-electron chi connectivity index (χ1n) is 6.81. The number of carbonyl (C=O) groups excluding carboxylic acids is 1. The zero-order valence-electron chi connectivity index (χ0n) is 11.9. The normalized spacial score (nSPS) is 13.9. The summed E-state index contributed by atoms with van der Waals surface area (Å²) in [5, 5.41) is 6.10. The molecular formula is C15H23FN2O. The number of benzene rings is 1. The highest BCUT2D eigenvalue weighted by Crippen LogP contribution is 2.03. The topological polar surface area (TPSA) is 41.1 Å². The highest BCUT2D eigenvalue weighted by atomic mass is 19.1. The Morgan fingerprint density at radius 2 is 1.89 bits per heavy atom. The molecule has 1 aromatic rings. The van der Waals surface area contributed by atoms with Gasteiger partial charge in [-0.05, 0) is 38.0 Å². The van der Waals surface area contributed by atoms with Crippen molar-refractivity contribution in [1.82, 2.24) is 10.6 Å². The van der Waals surface area contributed by atoms with Crippen LogP contribution in [-0.2, 0) is 11.3 Å². The van der Waals surface area contributed by atoms with E-state index in [4.69, 9.17) is 0 Å². The molecule has 3 nitrogen and oxygen atoms in total. The molecule has 1 amide bonds. The van der Waals surface area contributed by atoms with Crippen LogP contribution < -0.4 is 10.6 Å². The summed E-state index contributed by atoms with van der Waals surface area (Å²) in [5.41, 5.74) is 0.961. The fourth-order valence-electron chi connectivity index (χ4n) is 1.84. The van der Waals surface area contributed by atoms with Gasteiger partial charge in [0.2, 0.25) is 5.91 Å². The number of hydrogen-bond donors (Lipinski definition) is 2. The number of nitrogens with one attached hydrogen (secondary N) is 2. The van der Waals surface area contributed by atoms with Crippen molar-refractivity contribution < 1.29 is 9.18 Å². The van der Waals surface area contributed by atoms with Crippen molar-refractivity contribution in [2.24, 2.45) is 0 Å². The third-order valence-corrected chi connectivity index (χ3v) is 3.03. The molecule has 0 bridgehead atoms. The smallest absolute Gasteiger partial charge is 0.237 e. The number of halogens is 1. The third kappa shape index (κ3) is 5.83. The molecule has 2 N–H and O–H groups in total. The van der Waals surface area contributed by atoms with Crippen molar-refractivity contribution in [3.63, 3.8) is 0 Å². The lowest BCUT2D eigenvalue weighted by molar-refractivity contribution is -0.123. The third-order valence-electron chi connectivity index (χ3n) is 3.03. The maximum absolute atomic E-state index is 12.7. The summed E-state index contributed by atoms with van der Waals surface area (Å²) in [6.07, 6.45) is 2.04. The summed E-state index contributed by atoms with van der Waals surface area (Å²) in [7, 11) is 0. The van der Waals surface area contributed by atoms with E-state index in [1.807, 2.05) is 13.8 Å². The monoisotopic (exact) mass is 266 g/mol. The van der Waals surface area contributed by atoms with E-state index in [1.54, 1.807) is 12.1 Å². The fourth-order valence-corrected chi connectivity index (χ4v) is 1.84. The summed E-state index contributed by atoms with van der Waals surface area (Å²) in [6, 6.07) is 6.21. The van der Waals surface area contributed by atoms with Crippen LogP contribution in [0.3, 0.4) is 0 Å². The Bertz CT molecular complexity index is 392. The Hall–Kier alpha value is -1.42. The average molecular weight is 266 g/mol. The van der Waals surface area contributed by atoms with E-state index in [-0.39, 0.29) is 23.8 Å². The van der Waals surface area contributed by atoms with Gasteiger partial charge in [0.1, 0.15) is 5.82 Å². The SMILES string of the molecule is CCCC(C)NC(=O)C(C)NCc1ccc(F)cc1. The van der Waals surface area contributed by atoms with Gasteiger partial charge in [0.05, 0.1) is 6.04 Å². The van der Waals surface area contributed by atoms with Gasteiger partial charge >= 0.3 is 0 Å². The Morgan fingerprint density at radius 3 is 2.47 bits per heavy atom. The summed E-state index contributed by atoms with van der Waals surface area (Å²) >= 11 is 0. The van der Waals surface area contributed by atoms with Crippen LogP contribution in [0.2, 0.25) is 0 Å². The molecule has 0 aromatic heterocycles. The van der Waals surface area contributed by atoms with E-state index in [0.29, 0.717) is 6.54 Å². The first kappa shape index (κ1) is 15.6. The number of amides is 1. The molecule has 0 saturated carbocycles. The van der Waals surface area contributed by atoms with Gasteiger partial charge < -0.3 is 10.6 Å². The molecule has 4 heteroatoms. The quantitative estimate of drug-likeness (QED) is 0.796. The van der Waals surface area contributed by atoms with Crippen LogP contribution in [0.15, 0.2) is 24.3 Å². The predicted octanol–water partition coefficient (Wildman–Crippen LogP) is 2.61. The summed E-state index contributed by atoms with van der Waals surface area (Å²) in [5.74, 6) is -0.244. The minimum Gasteiger partial charge on any atom is -0.352 e. The van der Waals surface area contributed by atoms with E-state index in [0.717, 1.165) is 18.4 Å². The number of hydrogen-bond acceptors (Lipinski definition) is 2. The molecule has 0 spiro atoms. The molecule has 19 heavy (non-hydrogen) atoms.